The summed E-state index contributed by atoms with van der Waals surface area (Å²) in [7, 11) is 0. The number of nitro benzene ring substituents is 1. The highest BCUT2D eigenvalue weighted by molar-refractivity contribution is 5.95. The number of aromatic nitrogens is 2. The van der Waals surface area contributed by atoms with Crippen molar-refractivity contribution in [2.75, 3.05) is 5.73 Å². The van der Waals surface area contributed by atoms with Gasteiger partial charge in [-0.2, -0.15) is 5.10 Å². The Labute approximate surface area is 107 Å². The summed E-state index contributed by atoms with van der Waals surface area (Å²) in [5.74, 6) is -0.359. The molecule has 1 amide bonds. The first-order valence-electron chi connectivity index (χ1n) is 5.37. The number of H-pyrrole nitrogens is 1. The summed E-state index contributed by atoms with van der Waals surface area (Å²) in [6.07, 6.45) is 3.24. The molecular formula is C11H11N5O3. The van der Waals surface area contributed by atoms with E-state index in [9.17, 15) is 14.9 Å². The van der Waals surface area contributed by atoms with Crippen LogP contribution in [-0.4, -0.2) is 21.0 Å². The van der Waals surface area contributed by atoms with Crippen molar-refractivity contribution < 1.29 is 9.72 Å². The second-order valence-corrected chi connectivity index (χ2v) is 3.82. The molecule has 2 rings (SSSR count). The van der Waals surface area contributed by atoms with E-state index in [1.165, 1.54) is 18.2 Å². The predicted octanol–water partition coefficient (Wildman–Crippen LogP) is 0.830. The van der Waals surface area contributed by atoms with Crippen molar-refractivity contribution in [3.63, 3.8) is 0 Å². The van der Waals surface area contributed by atoms with Crippen molar-refractivity contribution >= 4 is 17.3 Å². The highest BCUT2D eigenvalue weighted by Gasteiger charge is 2.14. The van der Waals surface area contributed by atoms with E-state index in [0.717, 1.165) is 5.56 Å². The Kier molecular flexibility index (Phi) is 3.42. The SMILES string of the molecule is Nc1cc(C(=O)NCc2cn[nH]c2)ccc1[N+](=O)[O-]. The van der Waals surface area contributed by atoms with Crippen LogP contribution in [-0.2, 0) is 6.54 Å². The average molecular weight is 261 g/mol. The zero-order chi connectivity index (χ0) is 13.8. The van der Waals surface area contributed by atoms with Gasteiger partial charge in [0.1, 0.15) is 5.69 Å². The average Bonchev–Trinajstić information content (AvgIpc) is 2.88. The summed E-state index contributed by atoms with van der Waals surface area (Å²) in [5, 5.41) is 19.6. The quantitative estimate of drug-likeness (QED) is 0.426. The maximum Gasteiger partial charge on any atom is 0.292 e. The van der Waals surface area contributed by atoms with Gasteiger partial charge in [-0.1, -0.05) is 0 Å². The zero-order valence-corrected chi connectivity index (χ0v) is 9.79. The summed E-state index contributed by atoms with van der Waals surface area (Å²) in [6.45, 7) is 0.312. The van der Waals surface area contributed by atoms with Crippen LogP contribution in [0, 0.1) is 10.1 Å². The van der Waals surface area contributed by atoms with Crippen LogP contribution in [0.4, 0.5) is 11.4 Å². The number of nitrogen functional groups attached to an aromatic ring is 1. The van der Waals surface area contributed by atoms with Gasteiger partial charge in [0.15, 0.2) is 0 Å². The van der Waals surface area contributed by atoms with E-state index in [4.69, 9.17) is 5.73 Å². The highest BCUT2D eigenvalue weighted by atomic mass is 16.6. The van der Waals surface area contributed by atoms with Gasteiger partial charge < -0.3 is 11.1 Å². The number of aromatic amines is 1. The molecule has 19 heavy (non-hydrogen) atoms. The molecule has 0 saturated heterocycles. The molecule has 1 heterocycles. The maximum atomic E-state index is 11.8. The predicted molar refractivity (Wildman–Crippen MR) is 67.3 cm³/mol. The lowest BCUT2D eigenvalue weighted by molar-refractivity contribution is -0.383. The molecule has 0 fully saturated rings. The number of amides is 1. The van der Waals surface area contributed by atoms with E-state index in [1.807, 2.05) is 0 Å². The number of rotatable bonds is 4. The maximum absolute atomic E-state index is 11.8. The van der Waals surface area contributed by atoms with Crippen molar-refractivity contribution in [1.29, 1.82) is 0 Å². The second kappa shape index (κ2) is 5.17. The lowest BCUT2D eigenvalue weighted by atomic mass is 10.1. The molecule has 0 saturated carbocycles. The lowest BCUT2D eigenvalue weighted by Crippen LogP contribution is -2.22. The molecule has 1 aromatic heterocycles. The summed E-state index contributed by atoms with van der Waals surface area (Å²) < 4.78 is 0. The minimum absolute atomic E-state index is 0.0408. The van der Waals surface area contributed by atoms with Crippen molar-refractivity contribution in [2.45, 2.75) is 6.54 Å². The Morgan fingerprint density at radius 1 is 1.53 bits per heavy atom. The van der Waals surface area contributed by atoms with Gasteiger partial charge >= 0.3 is 0 Å². The molecule has 1 aromatic carbocycles. The third kappa shape index (κ3) is 2.86. The first kappa shape index (κ1) is 12.6. The number of benzene rings is 1. The van der Waals surface area contributed by atoms with Crippen LogP contribution >= 0.6 is 0 Å². The number of carbonyl (C=O) groups is 1. The number of nitrogens with two attached hydrogens (primary N) is 1. The summed E-state index contributed by atoms with van der Waals surface area (Å²) >= 11 is 0. The minimum Gasteiger partial charge on any atom is -0.393 e. The molecule has 0 aliphatic carbocycles. The number of hydrogen-bond donors (Lipinski definition) is 3. The fourth-order valence-electron chi connectivity index (χ4n) is 1.52. The number of anilines is 1. The molecule has 98 valence electrons. The van der Waals surface area contributed by atoms with Gasteiger partial charge in [0.05, 0.1) is 11.1 Å². The lowest BCUT2D eigenvalue weighted by Gasteiger charge is -2.04. The Morgan fingerprint density at radius 2 is 2.32 bits per heavy atom. The normalized spacial score (nSPS) is 10.1. The van der Waals surface area contributed by atoms with Crippen LogP contribution in [0.1, 0.15) is 15.9 Å². The molecule has 0 radical (unpaired) electrons. The Hall–Kier alpha value is -2.90. The molecule has 0 aliphatic rings. The largest absolute Gasteiger partial charge is 0.393 e. The van der Waals surface area contributed by atoms with E-state index in [2.05, 4.69) is 15.5 Å². The Bertz CT molecular complexity index is 609. The topological polar surface area (TPSA) is 127 Å². The summed E-state index contributed by atoms with van der Waals surface area (Å²) in [5.41, 5.74) is 6.35. The standard InChI is InChI=1S/C11H11N5O3/c12-9-3-8(1-2-10(9)16(18)19)11(17)13-4-7-5-14-15-6-7/h1-3,5-6H,4,12H2,(H,13,17)(H,14,15). The molecule has 0 unspecified atom stereocenters. The Morgan fingerprint density at radius 3 is 2.89 bits per heavy atom. The first-order valence-corrected chi connectivity index (χ1v) is 5.37. The highest BCUT2D eigenvalue weighted by Crippen LogP contribution is 2.21. The van der Waals surface area contributed by atoms with Crippen LogP contribution in [0.2, 0.25) is 0 Å². The molecule has 8 nitrogen and oxygen atoms in total. The molecule has 0 atom stereocenters. The van der Waals surface area contributed by atoms with Gasteiger partial charge in [0.25, 0.3) is 11.6 Å². The zero-order valence-electron chi connectivity index (χ0n) is 9.79. The van der Waals surface area contributed by atoms with Gasteiger partial charge in [-0.15, -0.1) is 0 Å². The van der Waals surface area contributed by atoms with Crippen molar-refractivity contribution in [2.24, 2.45) is 0 Å². The fourth-order valence-corrected chi connectivity index (χ4v) is 1.52. The summed E-state index contributed by atoms with van der Waals surface area (Å²) in [6, 6.07) is 3.85. The third-order valence-electron chi connectivity index (χ3n) is 2.49. The molecule has 4 N–H and O–H groups in total. The van der Waals surface area contributed by atoms with E-state index in [0.29, 0.717) is 6.54 Å². The van der Waals surface area contributed by atoms with E-state index < -0.39 is 4.92 Å². The third-order valence-corrected chi connectivity index (χ3v) is 2.49. The van der Waals surface area contributed by atoms with Gasteiger partial charge in [-0.05, 0) is 12.1 Å². The number of nitrogens with one attached hydrogen (secondary N) is 2. The number of nitro groups is 1. The minimum atomic E-state index is -0.595. The molecule has 2 aromatic rings. The Balaban J connectivity index is 2.07. The van der Waals surface area contributed by atoms with E-state index >= 15 is 0 Å². The molecule has 0 spiro atoms. The number of carbonyl (C=O) groups excluding carboxylic acids is 1. The van der Waals surface area contributed by atoms with Gasteiger partial charge in [0, 0.05) is 29.9 Å². The van der Waals surface area contributed by atoms with Crippen molar-refractivity contribution in [1.82, 2.24) is 15.5 Å². The first-order chi connectivity index (χ1) is 9.08. The molecule has 0 aliphatic heterocycles. The van der Waals surface area contributed by atoms with Crippen LogP contribution in [0.15, 0.2) is 30.6 Å². The van der Waals surface area contributed by atoms with Gasteiger partial charge in [0.2, 0.25) is 0 Å². The monoisotopic (exact) mass is 261 g/mol. The number of hydrogen-bond acceptors (Lipinski definition) is 5. The molecule has 8 heteroatoms. The van der Waals surface area contributed by atoms with Crippen LogP contribution in [0.25, 0.3) is 0 Å². The van der Waals surface area contributed by atoms with Crippen molar-refractivity contribution in [3.05, 3.63) is 51.8 Å². The van der Waals surface area contributed by atoms with Crippen LogP contribution in [0.5, 0.6) is 0 Å². The van der Waals surface area contributed by atoms with Crippen molar-refractivity contribution in [3.8, 4) is 0 Å². The molecule has 0 bridgehead atoms. The fraction of sp³-hybridized carbons (Fsp3) is 0.0909. The summed E-state index contributed by atoms with van der Waals surface area (Å²) in [4.78, 5) is 21.8. The molecular weight excluding hydrogens is 250 g/mol. The number of nitrogens with zero attached hydrogens (tertiary/aromatic N) is 2. The van der Waals surface area contributed by atoms with E-state index in [-0.39, 0.29) is 22.8 Å². The smallest absolute Gasteiger partial charge is 0.292 e. The van der Waals surface area contributed by atoms with Gasteiger partial charge in [-0.25, -0.2) is 0 Å². The second-order valence-electron chi connectivity index (χ2n) is 3.82. The van der Waals surface area contributed by atoms with Crippen LogP contribution < -0.4 is 11.1 Å². The van der Waals surface area contributed by atoms with E-state index in [1.54, 1.807) is 12.4 Å². The van der Waals surface area contributed by atoms with Gasteiger partial charge in [-0.3, -0.25) is 20.0 Å². The van der Waals surface area contributed by atoms with Crippen LogP contribution in [0.3, 0.4) is 0 Å².